The van der Waals surface area contributed by atoms with Crippen LogP contribution in [-0.4, -0.2) is 42.2 Å². The molecule has 2 N–H and O–H groups in total. The van der Waals surface area contributed by atoms with E-state index in [9.17, 15) is 4.79 Å². The molecule has 5 nitrogen and oxygen atoms in total. The second-order valence-electron chi connectivity index (χ2n) is 4.32. The van der Waals surface area contributed by atoms with Gasteiger partial charge in [-0.15, -0.1) is 0 Å². The molecule has 0 bridgehead atoms. The standard InChI is InChI=1S/C12H18N2O3/c1-9(14-7-2-5-13-6-8-14)10-3-4-11(17-10)12(15)16/h3-4,9,13H,2,5-8H2,1H3,(H,15,16). The fourth-order valence-electron chi connectivity index (χ4n) is 2.13. The van der Waals surface area contributed by atoms with Crippen molar-refractivity contribution in [1.29, 1.82) is 0 Å². The molecule has 94 valence electrons. The monoisotopic (exact) mass is 238 g/mol. The predicted octanol–water partition coefficient (Wildman–Crippen LogP) is 1.33. The fraction of sp³-hybridized carbons (Fsp3) is 0.583. The van der Waals surface area contributed by atoms with Crippen LogP contribution in [0.3, 0.4) is 0 Å². The van der Waals surface area contributed by atoms with Crippen molar-refractivity contribution >= 4 is 5.97 Å². The van der Waals surface area contributed by atoms with E-state index in [0.717, 1.165) is 38.4 Å². The maximum atomic E-state index is 10.8. The van der Waals surface area contributed by atoms with Crippen LogP contribution in [0.4, 0.5) is 0 Å². The lowest BCUT2D eigenvalue weighted by Crippen LogP contribution is -2.30. The number of nitrogens with one attached hydrogen (secondary N) is 1. The lowest BCUT2D eigenvalue weighted by atomic mass is 10.2. The number of nitrogens with zero attached hydrogens (tertiary/aromatic N) is 1. The van der Waals surface area contributed by atoms with Crippen LogP contribution >= 0.6 is 0 Å². The van der Waals surface area contributed by atoms with Gasteiger partial charge in [-0.3, -0.25) is 4.90 Å². The largest absolute Gasteiger partial charge is 0.475 e. The normalized spacial score (nSPS) is 19.8. The van der Waals surface area contributed by atoms with Crippen molar-refractivity contribution in [2.75, 3.05) is 26.2 Å². The van der Waals surface area contributed by atoms with Gasteiger partial charge in [-0.1, -0.05) is 0 Å². The highest BCUT2D eigenvalue weighted by atomic mass is 16.4. The third kappa shape index (κ3) is 2.87. The summed E-state index contributed by atoms with van der Waals surface area (Å²) in [7, 11) is 0. The molecule has 0 amide bonds. The van der Waals surface area contributed by atoms with E-state index in [4.69, 9.17) is 9.52 Å². The van der Waals surface area contributed by atoms with Crippen molar-refractivity contribution in [1.82, 2.24) is 10.2 Å². The number of carboxylic acid groups (broad SMARTS) is 1. The summed E-state index contributed by atoms with van der Waals surface area (Å²) in [5, 5.41) is 12.2. The van der Waals surface area contributed by atoms with E-state index < -0.39 is 5.97 Å². The number of hydrogen-bond donors (Lipinski definition) is 2. The summed E-state index contributed by atoms with van der Waals surface area (Å²) in [4.78, 5) is 13.1. The molecule has 1 aromatic heterocycles. The summed E-state index contributed by atoms with van der Waals surface area (Å²) in [6.07, 6.45) is 1.11. The minimum atomic E-state index is -1.01. The third-order valence-corrected chi connectivity index (χ3v) is 3.17. The quantitative estimate of drug-likeness (QED) is 0.831. The number of rotatable bonds is 3. The van der Waals surface area contributed by atoms with E-state index in [0.29, 0.717) is 0 Å². The Labute approximate surface area is 100 Å². The van der Waals surface area contributed by atoms with Crippen molar-refractivity contribution in [3.8, 4) is 0 Å². The van der Waals surface area contributed by atoms with Gasteiger partial charge in [0.1, 0.15) is 5.76 Å². The lowest BCUT2D eigenvalue weighted by molar-refractivity contribution is 0.0656. The maximum absolute atomic E-state index is 10.8. The number of aromatic carboxylic acids is 1. The molecular formula is C12H18N2O3. The molecule has 0 radical (unpaired) electrons. The molecule has 1 aliphatic rings. The molecule has 1 aliphatic heterocycles. The average Bonchev–Trinajstić information content (AvgIpc) is 2.65. The molecule has 2 rings (SSSR count). The maximum Gasteiger partial charge on any atom is 0.371 e. The third-order valence-electron chi connectivity index (χ3n) is 3.17. The summed E-state index contributed by atoms with van der Waals surface area (Å²) in [6, 6.07) is 3.40. The van der Waals surface area contributed by atoms with E-state index in [2.05, 4.69) is 17.1 Å². The topological polar surface area (TPSA) is 65.7 Å². The molecule has 17 heavy (non-hydrogen) atoms. The minimum absolute atomic E-state index is 0.0137. The van der Waals surface area contributed by atoms with Gasteiger partial charge in [0.05, 0.1) is 6.04 Å². The number of carboxylic acids is 1. The first kappa shape index (κ1) is 12.1. The number of carbonyl (C=O) groups is 1. The zero-order valence-corrected chi connectivity index (χ0v) is 9.98. The predicted molar refractivity (Wildman–Crippen MR) is 63.1 cm³/mol. The van der Waals surface area contributed by atoms with Crippen LogP contribution < -0.4 is 5.32 Å². The van der Waals surface area contributed by atoms with Crippen molar-refractivity contribution in [3.63, 3.8) is 0 Å². The van der Waals surface area contributed by atoms with Crippen LogP contribution in [0.1, 0.15) is 35.7 Å². The van der Waals surface area contributed by atoms with E-state index in [-0.39, 0.29) is 11.8 Å². The zero-order chi connectivity index (χ0) is 12.3. The van der Waals surface area contributed by atoms with E-state index in [1.165, 1.54) is 6.07 Å². The van der Waals surface area contributed by atoms with Gasteiger partial charge in [0, 0.05) is 19.6 Å². The van der Waals surface area contributed by atoms with Crippen molar-refractivity contribution < 1.29 is 14.3 Å². The van der Waals surface area contributed by atoms with Crippen LogP contribution in [0.15, 0.2) is 16.5 Å². The number of hydrogen-bond acceptors (Lipinski definition) is 4. The van der Waals surface area contributed by atoms with E-state index >= 15 is 0 Å². The highest BCUT2D eigenvalue weighted by Crippen LogP contribution is 2.22. The van der Waals surface area contributed by atoms with Crippen LogP contribution in [0.5, 0.6) is 0 Å². The van der Waals surface area contributed by atoms with Gasteiger partial charge in [0.15, 0.2) is 0 Å². The Morgan fingerprint density at radius 2 is 2.29 bits per heavy atom. The minimum Gasteiger partial charge on any atom is -0.475 e. The first-order valence-corrected chi connectivity index (χ1v) is 5.96. The second kappa shape index (κ2) is 5.33. The Balaban J connectivity index is 2.06. The molecule has 1 saturated heterocycles. The second-order valence-corrected chi connectivity index (χ2v) is 4.32. The van der Waals surface area contributed by atoms with Gasteiger partial charge in [0.2, 0.25) is 5.76 Å². The molecule has 1 fully saturated rings. The van der Waals surface area contributed by atoms with E-state index in [1.54, 1.807) is 6.07 Å². The highest BCUT2D eigenvalue weighted by molar-refractivity contribution is 5.84. The van der Waals surface area contributed by atoms with Gasteiger partial charge >= 0.3 is 5.97 Å². The Hall–Kier alpha value is -1.33. The molecule has 1 aromatic rings. The van der Waals surface area contributed by atoms with Gasteiger partial charge < -0.3 is 14.8 Å². The van der Waals surface area contributed by atoms with Crippen molar-refractivity contribution in [2.24, 2.45) is 0 Å². The molecule has 5 heteroatoms. The van der Waals surface area contributed by atoms with Crippen molar-refractivity contribution in [3.05, 3.63) is 23.7 Å². The molecular weight excluding hydrogens is 220 g/mol. The molecule has 0 saturated carbocycles. The van der Waals surface area contributed by atoms with Gasteiger partial charge in [-0.05, 0) is 32.0 Å². The highest BCUT2D eigenvalue weighted by Gasteiger charge is 2.21. The summed E-state index contributed by atoms with van der Waals surface area (Å²) in [5.74, 6) is -0.273. The Morgan fingerprint density at radius 1 is 1.47 bits per heavy atom. The summed E-state index contributed by atoms with van der Waals surface area (Å²) >= 11 is 0. The molecule has 0 spiro atoms. The first-order valence-electron chi connectivity index (χ1n) is 5.96. The van der Waals surface area contributed by atoms with Crippen molar-refractivity contribution in [2.45, 2.75) is 19.4 Å². The summed E-state index contributed by atoms with van der Waals surface area (Å²) < 4.78 is 5.34. The summed E-state index contributed by atoms with van der Waals surface area (Å²) in [5.41, 5.74) is 0. The van der Waals surface area contributed by atoms with E-state index in [1.807, 2.05) is 0 Å². The first-order chi connectivity index (χ1) is 8.18. The van der Waals surface area contributed by atoms with Gasteiger partial charge in [-0.25, -0.2) is 4.79 Å². The van der Waals surface area contributed by atoms with Gasteiger partial charge in [0.25, 0.3) is 0 Å². The van der Waals surface area contributed by atoms with Crippen LogP contribution in [0.25, 0.3) is 0 Å². The molecule has 0 aliphatic carbocycles. The molecule has 1 atom stereocenters. The fourth-order valence-corrected chi connectivity index (χ4v) is 2.13. The van der Waals surface area contributed by atoms with Crippen LogP contribution in [0.2, 0.25) is 0 Å². The Morgan fingerprint density at radius 3 is 3.00 bits per heavy atom. The Bertz CT molecular complexity index is 381. The van der Waals surface area contributed by atoms with Crippen LogP contribution in [-0.2, 0) is 0 Å². The molecule has 0 aromatic carbocycles. The Kier molecular flexibility index (Phi) is 3.81. The SMILES string of the molecule is CC(c1ccc(C(=O)O)o1)N1CCCNCC1. The molecule has 2 heterocycles. The van der Waals surface area contributed by atoms with Crippen LogP contribution in [0, 0.1) is 0 Å². The molecule has 1 unspecified atom stereocenters. The number of furan rings is 1. The zero-order valence-electron chi connectivity index (χ0n) is 9.98. The van der Waals surface area contributed by atoms with Gasteiger partial charge in [-0.2, -0.15) is 0 Å². The smallest absolute Gasteiger partial charge is 0.371 e. The summed E-state index contributed by atoms with van der Waals surface area (Å²) in [6.45, 7) is 6.04. The average molecular weight is 238 g/mol. The lowest BCUT2D eigenvalue weighted by Gasteiger charge is -2.25.